The zero-order chi connectivity index (χ0) is 18.1. The molecule has 1 unspecified atom stereocenters. The molecule has 2 N–H and O–H groups in total. The highest BCUT2D eigenvalue weighted by molar-refractivity contribution is 6.07. The zero-order valence-electron chi connectivity index (χ0n) is 14.6. The van der Waals surface area contributed by atoms with Crippen molar-refractivity contribution < 1.29 is 14.3 Å². The Morgan fingerprint density at radius 2 is 1.92 bits per heavy atom. The summed E-state index contributed by atoms with van der Waals surface area (Å²) in [4.78, 5) is 33.2. The van der Waals surface area contributed by atoms with Crippen molar-refractivity contribution in [1.29, 1.82) is 0 Å². The van der Waals surface area contributed by atoms with Crippen molar-refractivity contribution in [3.8, 4) is 0 Å². The molecule has 26 heavy (non-hydrogen) atoms. The molecular formula is C19H22N4O3. The molecule has 0 spiro atoms. The summed E-state index contributed by atoms with van der Waals surface area (Å²) in [5, 5.41) is 0.846. The number of ether oxygens (including phenoxy) is 1. The van der Waals surface area contributed by atoms with Crippen molar-refractivity contribution in [2.24, 2.45) is 11.7 Å². The first-order valence-corrected chi connectivity index (χ1v) is 8.94. The van der Waals surface area contributed by atoms with Crippen LogP contribution in [0, 0.1) is 5.92 Å². The number of anilines is 1. The zero-order valence-corrected chi connectivity index (χ0v) is 14.6. The number of carbonyl (C=O) groups is 2. The standard InChI is InChI=1S/C19H22N4O3/c20-18(24)13-5-6-23(12-13)17-11-15(14-3-1-2-4-16(14)21-17)19(25)22-7-9-26-10-8-22/h1-4,11,13H,5-10,12H2,(H2,20,24). The Bertz CT molecular complexity index is 848. The Morgan fingerprint density at radius 1 is 1.15 bits per heavy atom. The van der Waals surface area contributed by atoms with Gasteiger partial charge in [-0.05, 0) is 18.6 Å². The molecule has 1 aromatic heterocycles. The first-order chi connectivity index (χ1) is 12.6. The number of amides is 2. The molecule has 1 aromatic carbocycles. The van der Waals surface area contributed by atoms with Crippen molar-refractivity contribution >= 4 is 28.5 Å². The Morgan fingerprint density at radius 3 is 2.65 bits per heavy atom. The van der Waals surface area contributed by atoms with Gasteiger partial charge in [-0.15, -0.1) is 0 Å². The van der Waals surface area contributed by atoms with Crippen molar-refractivity contribution in [1.82, 2.24) is 9.88 Å². The molecule has 1 atom stereocenters. The number of hydrogen-bond donors (Lipinski definition) is 1. The summed E-state index contributed by atoms with van der Waals surface area (Å²) >= 11 is 0. The average Bonchev–Trinajstić information content (AvgIpc) is 3.18. The number of morpholine rings is 1. The van der Waals surface area contributed by atoms with E-state index in [4.69, 9.17) is 15.5 Å². The fourth-order valence-electron chi connectivity index (χ4n) is 3.64. The summed E-state index contributed by atoms with van der Waals surface area (Å²) in [5.74, 6) is 0.280. The molecule has 0 radical (unpaired) electrons. The van der Waals surface area contributed by atoms with Crippen molar-refractivity contribution in [3.63, 3.8) is 0 Å². The molecule has 7 heteroatoms. The number of nitrogens with two attached hydrogens (primary N) is 1. The van der Waals surface area contributed by atoms with Crippen LogP contribution < -0.4 is 10.6 Å². The van der Waals surface area contributed by atoms with Gasteiger partial charge in [-0.1, -0.05) is 18.2 Å². The number of benzene rings is 1. The van der Waals surface area contributed by atoms with Crippen molar-refractivity contribution in [3.05, 3.63) is 35.9 Å². The van der Waals surface area contributed by atoms with E-state index < -0.39 is 0 Å². The van der Waals surface area contributed by atoms with Crippen LogP contribution in [0.15, 0.2) is 30.3 Å². The summed E-state index contributed by atoms with van der Waals surface area (Å²) in [6.45, 7) is 3.58. The van der Waals surface area contributed by atoms with Gasteiger partial charge in [-0.3, -0.25) is 9.59 Å². The summed E-state index contributed by atoms with van der Waals surface area (Å²) in [7, 11) is 0. The Kier molecular flexibility index (Phi) is 4.46. The second-order valence-electron chi connectivity index (χ2n) is 6.78. The lowest BCUT2D eigenvalue weighted by Gasteiger charge is -2.28. The smallest absolute Gasteiger partial charge is 0.254 e. The second kappa shape index (κ2) is 6.92. The summed E-state index contributed by atoms with van der Waals surface area (Å²) in [6.07, 6.45) is 0.719. The minimum atomic E-state index is -0.280. The molecule has 2 amide bonds. The highest BCUT2D eigenvalue weighted by atomic mass is 16.5. The number of rotatable bonds is 3. The van der Waals surface area contributed by atoms with Crippen LogP contribution in [0.1, 0.15) is 16.8 Å². The molecule has 136 valence electrons. The lowest BCUT2D eigenvalue weighted by Crippen LogP contribution is -2.40. The van der Waals surface area contributed by atoms with Gasteiger partial charge in [-0.2, -0.15) is 0 Å². The molecule has 2 fully saturated rings. The average molecular weight is 354 g/mol. The van der Waals surface area contributed by atoms with E-state index in [-0.39, 0.29) is 17.7 Å². The van der Waals surface area contributed by atoms with E-state index in [9.17, 15) is 9.59 Å². The van der Waals surface area contributed by atoms with Crippen molar-refractivity contribution in [2.45, 2.75) is 6.42 Å². The van der Waals surface area contributed by atoms with Crippen LogP contribution in [-0.4, -0.2) is 61.1 Å². The van der Waals surface area contributed by atoms with Gasteiger partial charge in [0.2, 0.25) is 5.91 Å². The number of aromatic nitrogens is 1. The molecule has 0 saturated carbocycles. The van der Waals surface area contributed by atoms with Gasteiger partial charge < -0.3 is 20.3 Å². The van der Waals surface area contributed by atoms with Gasteiger partial charge in [0.15, 0.2) is 0 Å². The predicted molar refractivity (Wildman–Crippen MR) is 98.0 cm³/mol. The van der Waals surface area contributed by atoms with E-state index in [1.807, 2.05) is 40.1 Å². The minimum Gasteiger partial charge on any atom is -0.378 e. The number of para-hydroxylation sites is 1. The normalized spacial score (nSPS) is 20.5. The number of primary amides is 1. The van der Waals surface area contributed by atoms with Gasteiger partial charge >= 0.3 is 0 Å². The molecule has 4 rings (SSSR count). The van der Waals surface area contributed by atoms with E-state index >= 15 is 0 Å². The monoisotopic (exact) mass is 354 g/mol. The number of hydrogen-bond acceptors (Lipinski definition) is 5. The molecule has 2 aliphatic rings. The van der Waals surface area contributed by atoms with E-state index in [2.05, 4.69) is 0 Å². The molecule has 0 bridgehead atoms. The Balaban J connectivity index is 1.72. The third-order valence-corrected chi connectivity index (χ3v) is 5.15. The molecule has 2 saturated heterocycles. The minimum absolute atomic E-state index is 0.00111. The van der Waals surface area contributed by atoms with Crippen LogP contribution in [0.25, 0.3) is 10.9 Å². The van der Waals surface area contributed by atoms with E-state index in [0.29, 0.717) is 45.0 Å². The Hall–Kier alpha value is -2.67. The van der Waals surface area contributed by atoms with Crippen LogP contribution in [0.3, 0.4) is 0 Å². The second-order valence-corrected chi connectivity index (χ2v) is 6.78. The first kappa shape index (κ1) is 16.8. The Labute approximate surface area is 151 Å². The van der Waals surface area contributed by atoms with Crippen molar-refractivity contribution in [2.75, 3.05) is 44.3 Å². The maximum atomic E-state index is 13.1. The van der Waals surface area contributed by atoms with E-state index in [1.54, 1.807) is 0 Å². The van der Waals surface area contributed by atoms with Gasteiger partial charge in [0, 0.05) is 31.6 Å². The van der Waals surface area contributed by atoms with Crippen LogP contribution in [0.4, 0.5) is 5.82 Å². The lowest BCUT2D eigenvalue weighted by atomic mass is 10.1. The van der Waals surface area contributed by atoms with Crippen LogP contribution in [0.5, 0.6) is 0 Å². The third kappa shape index (κ3) is 3.10. The fraction of sp³-hybridized carbons (Fsp3) is 0.421. The number of fused-ring (bicyclic) bond motifs is 1. The van der Waals surface area contributed by atoms with E-state index in [1.165, 1.54) is 0 Å². The van der Waals surface area contributed by atoms with Gasteiger partial charge in [0.05, 0.1) is 30.2 Å². The summed E-state index contributed by atoms with van der Waals surface area (Å²) in [6, 6.07) is 9.52. The highest BCUT2D eigenvalue weighted by Crippen LogP contribution is 2.28. The predicted octanol–water partition coefficient (Wildman–Crippen LogP) is 1.02. The summed E-state index contributed by atoms with van der Waals surface area (Å²) in [5.41, 5.74) is 6.88. The van der Waals surface area contributed by atoms with Gasteiger partial charge in [0.25, 0.3) is 5.91 Å². The molecule has 3 heterocycles. The van der Waals surface area contributed by atoms with Crippen LogP contribution in [-0.2, 0) is 9.53 Å². The largest absolute Gasteiger partial charge is 0.378 e. The molecular weight excluding hydrogens is 332 g/mol. The lowest BCUT2D eigenvalue weighted by molar-refractivity contribution is -0.121. The first-order valence-electron chi connectivity index (χ1n) is 8.94. The maximum Gasteiger partial charge on any atom is 0.254 e. The van der Waals surface area contributed by atoms with Gasteiger partial charge in [-0.25, -0.2) is 4.98 Å². The topological polar surface area (TPSA) is 88.8 Å². The van der Waals surface area contributed by atoms with Crippen LogP contribution in [0.2, 0.25) is 0 Å². The quantitative estimate of drug-likeness (QED) is 0.889. The van der Waals surface area contributed by atoms with E-state index in [0.717, 1.165) is 23.1 Å². The highest BCUT2D eigenvalue weighted by Gasteiger charge is 2.29. The molecule has 2 aliphatic heterocycles. The summed E-state index contributed by atoms with van der Waals surface area (Å²) < 4.78 is 5.35. The number of carbonyl (C=O) groups excluding carboxylic acids is 2. The maximum absolute atomic E-state index is 13.1. The third-order valence-electron chi connectivity index (χ3n) is 5.15. The molecule has 0 aliphatic carbocycles. The fourth-order valence-corrected chi connectivity index (χ4v) is 3.64. The molecule has 2 aromatic rings. The number of pyridine rings is 1. The molecule has 7 nitrogen and oxygen atoms in total. The van der Waals surface area contributed by atoms with Crippen LogP contribution >= 0.6 is 0 Å². The van der Waals surface area contributed by atoms with Gasteiger partial charge in [0.1, 0.15) is 5.82 Å². The number of nitrogens with zero attached hydrogens (tertiary/aromatic N) is 3. The SMILES string of the molecule is NC(=O)C1CCN(c2cc(C(=O)N3CCOCC3)c3ccccc3n2)C1.